The molecule has 1 fully saturated rings. The molecule has 1 saturated heterocycles. The van der Waals surface area contributed by atoms with Crippen LogP contribution >= 0.6 is 0 Å². The summed E-state index contributed by atoms with van der Waals surface area (Å²) in [6.07, 6.45) is 4.93. The third-order valence-corrected chi connectivity index (χ3v) is 6.83. The molecule has 1 aromatic heterocycles. The molecule has 3 N–H and O–H groups in total. The molecule has 3 aromatic rings. The van der Waals surface area contributed by atoms with Gasteiger partial charge in [0.15, 0.2) is 0 Å². The van der Waals surface area contributed by atoms with Crippen molar-refractivity contribution in [1.29, 1.82) is 0 Å². The summed E-state index contributed by atoms with van der Waals surface area (Å²) in [6, 6.07) is 20.2. The van der Waals surface area contributed by atoms with Gasteiger partial charge in [0, 0.05) is 25.5 Å². The summed E-state index contributed by atoms with van der Waals surface area (Å²) >= 11 is 0. The number of nitrogens with one attached hydrogen (secondary N) is 2. The van der Waals surface area contributed by atoms with Crippen LogP contribution in [0.25, 0.3) is 0 Å². The van der Waals surface area contributed by atoms with Crippen molar-refractivity contribution in [3.8, 4) is 0 Å². The molecule has 1 unspecified atom stereocenters. The SMILES string of the molecule is CC(C)CC(C(=O)N1CCC(Nc2ncc(C(=O)NO)cn2)(c2ccccc2)CC1)c1ccccc1. The lowest BCUT2D eigenvalue weighted by Gasteiger charge is -2.43. The number of hydrogen-bond donors (Lipinski definition) is 3. The Kier molecular flexibility index (Phi) is 7.95. The Hall–Kier alpha value is -3.78. The van der Waals surface area contributed by atoms with Crippen LogP contribution in [0.15, 0.2) is 73.1 Å². The number of piperidine rings is 1. The molecule has 8 heteroatoms. The molecule has 2 amide bonds. The number of anilines is 1. The van der Waals surface area contributed by atoms with Crippen molar-refractivity contribution in [2.45, 2.75) is 44.6 Å². The van der Waals surface area contributed by atoms with E-state index in [0.717, 1.165) is 17.5 Å². The summed E-state index contributed by atoms with van der Waals surface area (Å²) in [4.78, 5) is 35.9. The summed E-state index contributed by atoms with van der Waals surface area (Å²) in [5.74, 6) is 0.141. The maximum absolute atomic E-state index is 13.7. The lowest BCUT2D eigenvalue weighted by atomic mass is 9.80. The van der Waals surface area contributed by atoms with Crippen LogP contribution < -0.4 is 10.8 Å². The first-order valence-corrected chi connectivity index (χ1v) is 12.4. The molecule has 0 bridgehead atoms. The highest BCUT2D eigenvalue weighted by Crippen LogP contribution is 2.37. The number of aromatic nitrogens is 2. The fourth-order valence-corrected chi connectivity index (χ4v) is 4.90. The largest absolute Gasteiger partial charge is 0.345 e. The molecule has 0 saturated carbocycles. The topological polar surface area (TPSA) is 107 Å². The maximum atomic E-state index is 13.7. The van der Waals surface area contributed by atoms with Gasteiger partial charge in [-0.05, 0) is 36.3 Å². The highest BCUT2D eigenvalue weighted by molar-refractivity contribution is 5.92. The van der Waals surface area contributed by atoms with Crippen molar-refractivity contribution in [3.63, 3.8) is 0 Å². The molecule has 0 radical (unpaired) electrons. The van der Waals surface area contributed by atoms with Gasteiger partial charge in [-0.1, -0.05) is 74.5 Å². The van der Waals surface area contributed by atoms with Crippen molar-refractivity contribution >= 4 is 17.8 Å². The molecule has 4 rings (SSSR count). The summed E-state index contributed by atoms with van der Waals surface area (Å²) < 4.78 is 0. The first-order chi connectivity index (χ1) is 17.4. The Morgan fingerprint density at radius 1 is 0.972 bits per heavy atom. The van der Waals surface area contributed by atoms with Gasteiger partial charge in [-0.3, -0.25) is 14.8 Å². The molecule has 1 atom stereocenters. The van der Waals surface area contributed by atoms with Gasteiger partial charge in [-0.25, -0.2) is 15.4 Å². The van der Waals surface area contributed by atoms with E-state index in [-0.39, 0.29) is 17.4 Å². The second kappa shape index (κ2) is 11.3. The number of nitrogens with zero attached hydrogens (tertiary/aromatic N) is 3. The van der Waals surface area contributed by atoms with Crippen molar-refractivity contribution in [3.05, 3.63) is 89.7 Å². The fraction of sp³-hybridized carbons (Fsp3) is 0.357. The zero-order valence-electron chi connectivity index (χ0n) is 20.7. The Morgan fingerprint density at radius 2 is 1.56 bits per heavy atom. The molecule has 36 heavy (non-hydrogen) atoms. The van der Waals surface area contributed by atoms with Gasteiger partial charge in [-0.15, -0.1) is 0 Å². The highest BCUT2D eigenvalue weighted by Gasteiger charge is 2.39. The van der Waals surface area contributed by atoms with Crippen molar-refractivity contribution in [2.75, 3.05) is 18.4 Å². The minimum Gasteiger partial charge on any atom is -0.345 e. The second-order valence-corrected chi connectivity index (χ2v) is 9.73. The normalized spacial score (nSPS) is 15.8. The molecular formula is C28H33N5O3. The van der Waals surface area contributed by atoms with E-state index in [1.165, 1.54) is 12.4 Å². The highest BCUT2D eigenvalue weighted by atomic mass is 16.5. The number of hydroxylamine groups is 1. The van der Waals surface area contributed by atoms with Gasteiger partial charge >= 0.3 is 0 Å². The number of benzene rings is 2. The van der Waals surface area contributed by atoms with E-state index in [9.17, 15) is 9.59 Å². The third-order valence-electron chi connectivity index (χ3n) is 6.83. The molecule has 0 spiro atoms. The van der Waals surface area contributed by atoms with E-state index < -0.39 is 11.4 Å². The molecule has 2 aromatic carbocycles. The quantitative estimate of drug-likeness (QED) is 0.322. The smallest absolute Gasteiger partial charge is 0.277 e. The molecule has 2 heterocycles. The average Bonchev–Trinajstić information content (AvgIpc) is 2.92. The Labute approximate surface area is 211 Å². The van der Waals surface area contributed by atoms with Crippen LogP contribution in [0.5, 0.6) is 0 Å². The Bertz CT molecular complexity index is 1140. The van der Waals surface area contributed by atoms with Crippen LogP contribution in [-0.4, -0.2) is 45.0 Å². The van der Waals surface area contributed by atoms with Crippen molar-refractivity contribution in [1.82, 2.24) is 20.3 Å². The maximum Gasteiger partial charge on any atom is 0.277 e. The summed E-state index contributed by atoms with van der Waals surface area (Å²) in [7, 11) is 0. The summed E-state index contributed by atoms with van der Waals surface area (Å²) in [5, 5.41) is 12.3. The minimum absolute atomic E-state index is 0.156. The van der Waals surface area contributed by atoms with Gasteiger partial charge < -0.3 is 10.2 Å². The fourth-order valence-electron chi connectivity index (χ4n) is 4.90. The van der Waals surface area contributed by atoms with Crippen LogP contribution in [0.2, 0.25) is 0 Å². The summed E-state index contributed by atoms with van der Waals surface area (Å²) in [5.41, 5.74) is 3.45. The van der Waals surface area contributed by atoms with Crippen LogP contribution in [0.4, 0.5) is 5.95 Å². The first kappa shape index (κ1) is 25.3. The molecule has 188 valence electrons. The zero-order valence-corrected chi connectivity index (χ0v) is 20.7. The predicted octanol–water partition coefficient (Wildman–Crippen LogP) is 4.36. The lowest BCUT2D eigenvalue weighted by Crippen LogP contribution is -2.50. The van der Waals surface area contributed by atoms with E-state index >= 15 is 0 Å². The molecule has 1 aliphatic rings. The van der Waals surface area contributed by atoms with E-state index in [2.05, 4.69) is 41.3 Å². The van der Waals surface area contributed by atoms with Gasteiger partial charge in [-0.2, -0.15) is 0 Å². The van der Waals surface area contributed by atoms with Gasteiger partial charge in [0.05, 0.1) is 17.0 Å². The number of hydrogen-bond acceptors (Lipinski definition) is 6. The van der Waals surface area contributed by atoms with E-state index in [0.29, 0.717) is 37.8 Å². The standard InChI is InChI=1S/C28H33N5O3/c1-20(2)17-24(21-9-5-3-6-10-21)26(35)33-15-13-28(14-16-33,23-11-7-4-8-12-23)31-27-29-18-22(19-30-27)25(34)32-36/h3-12,18-20,24,36H,13-17H2,1-2H3,(H,32,34)(H,29,30,31). The molecule has 0 aliphatic carbocycles. The van der Waals surface area contributed by atoms with Gasteiger partial charge in [0.25, 0.3) is 5.91 Å². The van der Waals surface area contributed by atoms with Gasteiger partial charge in [0.2, 0.25) is 11.9 Å². The van der Waals surface area contributed by atoms with Crippen LogP contribution in [0.3, 0.4) is 0 Å². The van der Waals surface area contributed by atoms with Gasteiger partial charge in [0.1, 0.15) is 0 Å². The number of carbonyl (C=O) groups is 2. The Morgan fingerprint density at radius 3 is 2.11 bits per heavy atom. The number of likely N-dealkylation sites (tertiary alicyclic amines) is 1. The van der Waals surface area contributed by atoms with E-state index in [1.807, 2.05) is 53.4 Å². The van der Waals surface area contributed by atoms with E-state index in [4.69, 9.17) is 5.21 Å². The minimum atomic E-state index is -0.666. The van der Waals surface area contributed by atoms with Crippen molar-refractivity contribution < 1.29 is 14.8 Å². The molecule has 1 aliphatic heterocycles. The van der Waals surface area contributed by atoms with Crippen LogP contribution in [-0.2, 0) is 10.3 Å². The number of rotatable bonds is 8. The monoisotopic (exact) mass is 487 g/mol. The average molecular weight is 488 g/mol. The Balaban J connectivity index is 1.54. The lowest BCUT2D eigenvalue weighted by molar-refractivity contribution is -0.134. The van der Waals surface area contributed by atoms with Crippen molar-refractivity contribution in [2.24, 2.45) is 5.92 Å². The predicted molar refractivity (Wildman–Crippen MR) is 137 cm³/mol. The third kappa shape index (κ3) is 5.71. The van der Waals surface area contributed by atoms with E-state index in [1.54, 1.807) is 5.48 Å². The molecule has 8 nitrogen and oxygen atoms in total. The van der Waals surface area contributed by atoms with Crippen LogP contribution in [0.1, 0.15) is 60.5 Å². The number of carbonyl (C=O) groups excluding carboxylic acids is 2. The molecular weight excluding hydrogens is 454 g/mol. The first-order valence-electron chi connectivity index (χ1n) is 12.4. The van der Waals surface area contributed by atoms with Crippen LogP contribution in [0, 0.1) is 5.92 Å². The summed E-state index contributed by atoms with van der Waals surface area (Å²) in [6.45, 7) is 5.51. The second-order valence-electron chi connectivity index (χ2n) is 9.73. The zero-order chi connectivity index (χ0) is 25.5. The number of amides is 2.